The maximum absolute atomic E-state index is 12.8. The van der Waals surface area contributed by atoms with Crippen LogP contribution in [0.4, 0.5) is 5.69 Å². The fourth-order valence-electron chi connectivity index (χ4n) is 4.03. The highest BCUT2D eigenvalue weighted by molar-refractivity contribution is 6.00. The van der Waals surface area contributed by atoms with Crippen LogP contribution in [-0.2, 0) is 19.1 Å². The first-order valence-corrected chi connectivity index (χ1v) is 9.10. The van der Waals surface area contributed by atoms with E-state index in [0.29, 0.717) is 32.1 Å². The molecule has 4 rings (SSSR count). The molecule has 6 nitrogen and oxygen atoms in total. The van der Waals surface area contributed by atoms with Crippen molar-refractivity contribution in [3.63, 3.8) is 0 Å². The zero-order valence-corrected chi connectivity index (χ0v) is 14.3. The van der Waals surface area contributed by atoms with Gasteiger partial charge in [0.05, 0.1) is 19.1 Å². The number of likely N-dealkylation sites (tertiary alicyclic amines) is 1. The fraction of sp³-hybridized carbons (Fsp3) is 0.579. The Balaban J connectivity index is 1.34. The van der Waals surface area contributed by atoms with Crippen molar-refractivity contribution in [2.24, 2.45) is 11.8 Å². The first kappa shape index (κ1) is 16.5. The number of hydrogen-bond donors (Lipinski definition) is 0. The Morgan fingerprint density at radius 3 is 2.40 bits per heavy atom. The van der Waals surface area contributed by atoms with E-state index in [1.54, 1.807) is 4.90 Å². The highest BCUT2D eigenvalue weighted by Gasteiger charge is 2.39. The molecular weight excluding hydrogens is 320 g/mol. The van der Waals surface area contributed by atoms with Crippen molar-refractivity contribution >= 4 is 17.5 Å². The molecule has 3 aliphatic rings. The summed E-state index contributed by atoms with van der Waals surface area (Å²) in [6.45, 7) is 3.27. The molecule has 0 aliphatic carbocycles. The summed E-state index contributed by atoms with van der Waals surface area (Å²) in [5.41, 5.74) is 0.872. The smallest absolute Gasteiger partial charge is 0.228 e. The number of amides is 2. The van der Waals surface area contributed by atoms with Gasteiger partial charge in [-0.1, -0.05) is 18.2 Å². The largest absolute Gasteiger partial charge is 0.350 e. The van der Waals surface area contributed by atoms with E-state index < -0.39 is 0 Å². The van der Waals surface area contributed by atoms with Crippen LogP contribution < -0.4 is 4.90 Å². The van der Waals surface area contributed by atoms with Crippen LogP contribution in [0.25, 0.3) is 0 Å². The molecule has 2 amide bonds. The number of piperidine rings is 1. The van der Waals surface area contributed by atoms with Gasteiger partial charge in [0.15, 0.2) is 6.29 Å². The van der Waals surface area contributed by atoms with Crippen LogP contribution >= 0.6 is 0 Å². The summed E-state index contributed by atoms with van der Waals surface area (Å²) in [5.74, 6) is 0.284. The van der Waals surface area contributed by atoms with E-state index >= 15 is 0 Å². The van der Waals surface area contributed by atoms with Crippen LogP contribution in [0.5, 0.6) is 0 Å². The van der Waals surface area contributed by atoms with Crippen molar-refractivity contribution in [3.05, 3.63) is 30.3 Å². The molecule has 3 heterocycles. The lowest BCUT2D eigenvalue weighted by Gasteiger charge is -2.35. The number of nitrogens with zero attached hydrogens (tertiary/aromatic N) is 2. The van der Waals surface area contributed by atoms with Crippen molar-refractivity contribution in [3.8, 4) is 0 Å². The van der Waals surface area contributed by atoms with Gasteiger partial charge in [0.25, 0.3) is 0 Å². The third-order valence-electron chi connectivity index (χ3n) is 5.43. The van der Waals surface area contributed by atoms with E-state index in [1.165, 1.54) is 0 Å². The molecule has 1 atom stereocenters. The maximum Gasteiger partial charge on any atom is 0.228 e. The molecule has 3 aliphatic heterocycles. The highest BCUT2D eigenvalue weighted by Crippen LogP contribution is 2.29. The van der Waals surface area contributed by atoms with Gasteiger partial charge < -0.3 is 19.3 Å². The van der Waals surface area contributed by atoms with Crippen LogP contribution in [-0.4, -0.2) is 55.9 Å². The molecule has 0 saturated carbocycles. The minimum absolute atomic E-state index is 0.0344. The molecule has 0 bridgehead atoms. The Bertz CT molecular complexity index is 622. The normalized spacial score (nSPS) is 25.8. The summed E-state index contributed by atoms with van der Waals surface area (Å²) in [6, 6.07) is 9.58. The summed E-state index contributed by atoms with van der Waals surface area (Å²) in [4.78, 5) is 28.8. The van der Waals surface area contributed by atoms with Crippen LogP contribution in [0.3, 0.4) is 0 Å². The number of benzene rings is 1. The number of hydrogen-bond acceptors (Lipinski definition) is 4. The highest BCUT2D eigenvalue weighted by atomic mass is 16.7. The number of ether oxygens (including phenoxy) is 2. The lowest BCUT2D eigenvalue weighted by molar-refractivity contribution is -0.140. The first-order chi connectivity index (χ1) is 12.2. The second-order valence-corrected chi connectivity index (χ2v) is 7.01. The third kappa shape index (κ3) is 3.41. The molecule has 1 unspecified atom stereocenters. The van der Waals surface area contributed by atoms with Gasteiger partial charge in [-0.05, 0) is 25.0 Å². The predicted molar refractivity (Wildman–Crippen MR) is 91.9 cm³/mol. The fourth-order valence-corrected chi connectivity index (χ4v) is 4.03. The van der Waals surface area contributed by atoms with E-state index in [9.17, 15) is 9.59 Å². The summed E-state index contributed by atoms with van der Waals surface area (Å²) < 4.78 is 11.2. The van der Waals surface area contributed by atoms with Gasteiger partial charge >= 0.3 is 0 Å². The van der Waals surface area contributed by atoms with Crippen LogP contribution in [0.2, 0.25) is 0 Å². The van der Waals surface area contributed by atoms with Gasteiger partial charge in [-0.15, -0.1) is 0 Å². The monoisotopic (exact) mass is 344 g/mol. The van der Waals surface area contributed by atoms with E-state index in [4.69, 9.17) is 9.47 Å². The van der Waals surface area contributed by atoms with Gasteiger partial charge in [0.1, 0.15) is 0 Å². The molecule has 0 aromatic heterocycles. The topological polar surface area (TPSA) is 59.1 Å². The molecule has 0 N–H and O–H groups in total. The van der Waals surface area contributed by atoms with Crippen molar-refractivity contribution in [2.75, 3.05) is 37.7 Å². The van der Waals surface area contributed by atoms with Gasteiger partial charge in [-0.3, -0.25) is 9.59 Å². The summed E-state index contributed by atoms with van der Waals surface area (Å²) >= 11 is 0. The van der Waals surface area contributed by atoms with Gasteiger partial charge in [0.2, 0.25) is 11.8 Å². The summed E-state index contributed by atoms with van der Waals surface area (Å²) in [7, 11) is 0. The Morgan fingerprint density at radius 2 is 1.72 bits per heavy atom. The summed E-state index contributed by atoms with van der Waals surface area (Å²) in [5, 5.41) is 0. The number of anilines is 1. The number of carbonyl (C=O) groups excluding carboxylic acids is 2. The van der Waals surface area contributed by atoms with Crippen LogP contribution in [0.15, 0.2) is 30.3 Å². The minimum Gasteiger partial charge on any atom is -0.350 e. The quantitative estimate of drug-likeness (QED) is 0.837. The lowest BCUT2D eigenvalue weighted by Crippen LogP contribution is -2.44. The Kier molecular flexibility index (Phi) is 4.72. The van der Waals surface area contributed by atoms with Crippen molar-refractivity contribution in [1.82, 2.24) is 4.90 Å². The molecule has 0 spiro atoms. The number of carbonyl (C=O) groups is 2. The van der Waals surface area contributed by atoms with E-state index in [2.05, 4.69) is 0 Å². The molecule has 25 heavy (non-hydrogen) atoms. The van der Waals surface area contributed by atoms with Gasteiger partial charge in [0, 0.05) is 37.7 Å². The molecule has 134 valence electrons. The Morgan fingerprint density at radius 1 is 1.04 bits per heavy atom. The average molecular weight is 344 g/mol. The number of rotatable bonds is 3. The molecular formula is C19H24N2O4. The zero-order chi connectivity index (χ0) is 17.2. The SMILES string of the molecule is O=C(C1CC(=O)N(c2ccccc2)C1)N1CCC(C2OCCO2)CC1. The van der Waals surface area contributed by atoms with Crippen molar-refractivity contribution in [1.29, 1.82) is 0 Å². The van der Waals surface area contributed by atoms with E-state index in [1.807, 2.05) is 35.2 Å². The molecule has 3 fully saturated rings. The minimum atomic E-state index is -0.233. The Hall–Kier alpha value is -1.92. The predicted octanol–water partition coefficient (Wildman–Crippen LogP) is 1.65. The summed E-state index contributed by atoms with van der Waals surface area (Å²) in [6.07, 6.45) is 2.01. The Labute approximate surface area is 147 Å². The molecule has 3 saturated heterocycles. The van der Waals surface area contributed by atoms with E-state index in [0.717, 1.165) is 31.6 Å². The maximum atomic E-state index is 12.8. The standard InChI is InChI=1S/C19H24N2O4/c22-17-12-15(13-21(17)16-4-2-1-3-5-16)18(23)20-8-6-14(7-9-20)19-24-10-11-25-19/h1-5,14-15,19H,6-13H2. The first-order valence-electron chi connectivity index (χ1n) is 9.10. The molecule has 0 radical (unpaired) electrons. The van der Waals surface area contributed by atoms with E-state index in [-0.39, 0.29) is 24.0 Å². The van der Waals surface area contributed by atoms with Crippen LogP contribution in [0, 0.1) is 11.8 Å². The molecule has 6 heteroatoms. The molecule has 1 aromatic carbocycles. The van der Waals surface area contributed by atoms with Gasteiger partial charge in [-0.25, -0.2) is 0 Å². The van der Waals surface area contributed by atoms with Crippen molar-refractivity contribution < 1.29 is 19.1 Å². The average Bonchev–Trinajstić information content (AvgIpc) is 3.32. The second kappa shape index (κ2) is 7.14. The lowest BCUT2D eigenvalue weighted by atomic mass is 9.95. The van der Waals surface area contributed by atoms with Crippen LogP contribution in [0.1, 0.15) is 19.3 Å². The third-order valence-corrected chi connectivity index (χ3v) is 5.43. The van der Waals surface area contributed by atoms with Gasteiger partial charge in [-0.2, -0.15) is 0 Å². The number of para-hydroxylation sites is 1. The zero-order valence-electron chi connectivity index (χ0n) is 14.3. The second-order valence-electron chi connectivity index (χ2n) is 7.01. The van der Waals surface area contributed by atoms with Crippen molar-refractivity contribution in [2.45, 2.75) is 25.6 Å². The molecule has 1 aromatic rings.